The minimum Gasteiger partial charge on any atom is -0.507 e. The van der Waals surface area contributed by atoms with Gasteiger partial charge in [0.25, 0.3) is 11.7 Å². The predicted octanol–water partition coefficient (Wildman–Crippen LogP) is 5.36. The van der Waals surface area contributed by atoms with Crippen molar-refractivity contribution in [1.29, 1.82) is 0 Å². The van der Waals surface area contributed by atoms with Crippen molar-refractivity contribution < 1.29 is 14.7 Å². The molecule has 2 aromatic heterocycles. The lowest BCUT2D eigenvalue weighted by molar-refractivity contribution is -0.140. The fourth-order valence-electron chi connectivity index (χ4n) is 3.69. The summed E-state index contributed by atoms with van der Waals surface area (Å²) in [5.41, 5.74) is 3.61. The number of aliphatic hydroxyl groups is 1. The van der Waals surface area contributed by atoms with Gasteiger partial charge in [-0.2, -0.15) is 0 Å². The van der Waals surface area contributed by atoms with Gasteiger partial charge in [-0.25, -0.2) is 0 Å². The van der Waals surface area contributed by atoms with Crippen LogP contribution in [0.3, 0.4) is 0 Å². The number of amides is 1. The second-order valence-corrected chi connectivity index (χ2v) is 9.27. The van der Waals surface area contributed by atoms with Crippen molar-refractivity contribution in [3.8, 4) is 0 Å². The van der Waals surface area contributed by atoms with Crippen molar-refractivity contribution >= 4 is 40.1 Å². The summed E-state index contributed by atoms with van der Waals surface area (Å²) in [7, 11) is 0. The maximum absolute atomic E-state index is 13.1. The summed E-state index contributed by atoms with van der Waals surface area (Å²) in [5.74, 6) is -1.29. The van der Waals surface area contributed by atoms with Crippen LogP contribution in [0.15, 0.2) is 52.7 Å². The Bertz CT molecular complexity index is 1120. The molecule has 0 aliphatic carbocycles. The molecule has 29 heavy (non-hydrogen) atoms. The number of nitrogens with zero attached hydrogens (tertiary/aromatic N) is 1. The Kier molecular flexibility index (Phi) is 5.15. The Labute approximate surface area is 177 Å². The molecular formula is C23H21NO3S2. The molecule has 148 valence electrons. The van der Waals surface area contributed by atoms with Crippen LogP contribution in [-0.4, -0.2) is 21.7 Å². The Balaban J connectivity index is 1.91. The molecule has 4 nitrogen and oxygen atoms in total. The average Bonchev–Trinajstić information content (AvgIpc) is 3.41. The molecule has 3 aromatic rings. The van der Waals surface area contributed by atoms with E-state index < -0.39 is 17.7 Å². The van der Waals surface area contributed by atoms with Crippen LogP contribution in [0.4, 0.5) is 0 Å². The molecular weight excluding hydrogens is 402 g/mol. The van der Waals surface area contributed by atoms with Crippen molar-refractivity contribution in [3.63, 3.8) is 0 Å². The van der Waals surface area contributed by atoms with Crippen LogP contribution < -0.4 is 0 Å². The zero-order chi connectivity index (χ0) is 20.7. The van der Waals surface area contributed by atoms with Crippen LogP contribution in [0.25, 0.3) is 5.76 Å². The zero-order valence-corrected chi connectivity index (χ0v) is 18.1. The lowest BCUT2D eigenvalue weighted by Gasteiger charge is -2.24. The SMILES string of the molecule is Cc1ccc(C)c(/C(O)=C2\C(=O)C(=O)N(Cc3cccs3)C2c2sccc2C)c1. The van der Waals surface area contributed by atoms with Gasteiger partial charge in [-0.1, -0.05) is 23.8 Å². The van der Waals surface area contributed by atoms with E-state index in [1.165, 1.54) is 11.3 Å². The van der Waals surface area contributed by atoms with Crippen LogP contribution >= 0.6 is 22.7 Å². The van der Waals surface area contributed by atoms with Gasteiger partial charge in [0, 0.05) is 15.3 Å². The zero-order valence-electron chi connectivity index (χ0n) is 16.4. The van der Waals surface area contributed by atoms with E-state index in [-0.39, 0.29) is 11.3 Å². The van der Waals surface area contributed by atoms with E-state index in [2.05, 4.69) is 0 Å². The largest absolute Gasteiger partial charge is 0.507 e. The lowest BCUT2D eigenvalue weighted by atomic mass is 9.95. The van der Waals surface area contributed by atoms with Crippen molar-refractivity contribution in [2.75, 3.05) is 0 Å². The van der Waals surface area contributed by atoms with Gasteiger partial charge in [-0.3, -0.25) is 9.59 Å². The summed E-state index contributed by atoms with van der Waals surface area (Å²) in [5, 5.41) is 15.1. The fraction of sp³-hybridized carbons (Fsp3) is 0.217. The summed E-state index contributed by atoms with van der Waals surface area (Å²) >= 11 is 3.05. The first kappa shape index (κ1) is 19.6. The second kappa shape index (κ2) is 7.61. The Morgan fingerprint density at radius 2 is 1.83 bits per heavy atom. The highest BCUT2D eigenvalue weighted by molar-refractivity contribution is 7.10. The molecule has 1 amide bonds. The van der Waals surface area contributed by atoms with Gasteiger partial charge in [0.1, 0.15) is 11.8 Å². The van der Waals surface area contributed by atoms with Crippen molar-refractivity contribution in [3.05, 3.63) is 84.7 Å². The van der Waals surface area contributed by atoms with Crippen LogP contribution in [0.2, 0.25) is 0 Å². The van der Waals surface area contributed by atoms with E-state index in [0.29, 0.717) is 12.1 Å². The number of aryl methyl sites for hydroxylation is 3. The summed E-state index contributed by atoms with van der Waals surface area (Å²) in [6, 6.07) is 11.0. The van der Waals surface area contributed by atoms with Crippen molar-refractivity contribution in [1.82, 2.24) is 4.90 Å². The van der Waals surface area contributed by atoms with E-state index >= 15 is 0 Å². The van der Waals surface area contributed by atoms with E-state index in [0.717, 1.165) is 26.4 Å². The molecule has 1 aromatic carbocycles. The average molecular weight is 424 g/mol. The monoisotopic (exact) mass is 423 g/mol. The Morgan fingerprint density at radius 1 is 1.03 bits per heavy atom. The number of hydrogen-bond acceptors (Lipinski definition) is 5. The van der Waals surface area contributed by atoms with Gasteiger partial charge >= 0.3 is 0 Å². The third-order valence-electron chi connectivity index (χ3n) is 5.24. The van der Waals surface area contributed by atoms with Gasteiger partial charge in [0.05, 0.1) is 12.1 Å². The van der Waals surface area contributed by atoms with Crippen molar-refractivity contribution in [2.45, 2.75) is 33.4 Å². The fourth-order valence-corrected chi connectivity index (χ4v) is 5.44. The minimum absolute atomic E-state index is 0.101. The number of hydrogen-bond donors (Lipinski definition) is 1. The molecule has 1 unspecified atom stereocenters. The van der Waals surface area contributed by atoms with Gasteiger partial charge in [0.2, 0.25) is 0 Å². The first-order valence-electron chi connectivity index (χ1n) is 9.31. The van der Waals surface area contributed by atoms with Gasteiger partial charge in [-0.15, -0.1) is 22.7 Å². The highest BCUT2D eigenvalue weighted by atomic mass is 32.1. The highest BCUT2D eigenvalue weighted by Crippen LogP contribution is 2.43. The summed E-state index contributed by atoms with van der Waals surface area (Å²) in [6.45, 7) is 6.14. The smallest absolute Gasteiger partial charge is 0.296 e. The molecule has 1 saturated heterocycles. The molecule has 1 atom stereocenters. The minimum atomic E-state index is -0.627. The quantitative estimate of drug-likeness (QED) is 0.349. The number of Topliss-reactive ketones (excluding diaryl/α,β-unsaturated/α-hetero) is 1. The normalized spacial score (nSPS) is 18.6. The summed E-state index contributed by atoms with van der Waals surface area (Å²) in [4.78, 5) is 29.6. The van der Waals surface area contributed by atoms with Crippen LogP contribution in [0.5, 0.6) is 0 Å². The number of aliphatic hydroxyl groups excluding tert-OH is 1. The molecule has 1 aliphatic rings. The summed E-state index contributed by atoms with van der Waals surface area (Å²) < 4.78 is 0. The number of carbonyl (C=O) groups excluding carboxylic acids is 2. The maximum atomic E-state index is 13.1. The molecule has 1 aliphatic heterocycles. The molecule has 1 fully saturated rings. The number of ketones is 1. The number of thiophene rings is 2. The second-order valence-electron chi connectivity index (χ2n) is 7.29. The third-order valence-corrected chi connectivity index (χ3v) is 7.18. The van der Waals surface area contributed by atoms with Gasteiger partial charge < -0.3 is 10.0 Å². The first-order valence-corrected chi connectivity index (χ1v) is 11.1. The van der Waals surface area contributed by atoms with Crippen molar-refractivity contribution in [2.24, 2.45) is 0 Å². The maximum Gasteiger partial charge on any atom is 0.296 e. The third kappa shape index (κ3) is 3.43. The standard InChI is InChI=1S/C23H21NO3S2/c1-13-6-7-14(2)17(11-13)20(25)18-19(22-15(3)8-10-29-22)24(23(27)21(18)26)12-16-5-4-9-28-16/h4-11,19,25H,12H2,1-3H3/b20-18+. The predicted molar refractivity (Wildman–Crippen MR) is 117 cm³/mol. The topological polar surface area (TPSA) is 57.6 Å². The molecule has 0 saturated carbocycles. The van der Waals surface area contributed by atoms with Crippen LogP contribution in [0.1, 0.15) is 38.0 Å². The van der Waals surface area contributed by atoms with E-state index in [1.807, 2.05) is 67.9 Å². The molecule has 6 heteroatoms. The molecule has 1 N–H and O–H groups in total. The Morgan fingerprint density at radius 3 is 2.48 bits per heavy atom. The van der Waals surface area contributed by atoms with Gasteiger partial charge in [0.15, 0.2) is 0 Å². The van der Waals surface area contributed by atoms with Gasteiger partial charge in [-0.05, 0) is 60.9 Å². The number of benzene rings is 1. The lowest BCUT2D eigenvalue weighted by Crippen LogP contribution is -2.28. The van der Waals surface area contributed by atoms with E-state index in [1.54, 1.807) is 16.2 Å². The molecule has 0 radical (unpaired) electrons. The van der Waals surface area contributed by atoms with E-state index in [9.17, 15) is 14.7 Å². The number of likely N-dealkylation sites (tertiary alicyclic amines) is 1. The van der Waals surface area contributed by atoms with Crippen LogP contribution in [-0.2, 0) is 16.1 Å². The first-order chi connectivity index (χ1) is 13.9. The highest BCUT2D eigenvalue weighted by Gasteiger charge is 2.47. The molecule has 3 heterocycles. The van der Waals surface area contributed by atoms with E-state index in [4.69, 9.17) is 0 Å². The molecule has 4 rings (SSSR count). The number of carbonyl (C=O) groups is 2. The van der Waals surface area contributed by atoms with Crippen LogP contribution in [0, 0.1) is 20.8 Å². The molecule has 0 spiro atoms. The molecule has 0 bridgehead atoms. The Hall–Kier alpha value is -2.70. The summed E-state index contributed by atoms with van der Waals surface area (Å²) in [6.07, 6.45) is 0. The number of rotatable bonds is 4.